The minimum absolute atomic E-state index is 0.0516. The highest BCUT2D eigenvalue weighted by Gasteiger charge is 2.28. The second-order valence-electron chi connectivity index (χ2n) is 6.32. The molecule has 1 aromatic carbocycles. The number of benzene rings is 1. The summed E-state index contributed by atoms with van der Waals surface area (Å²) in [6.45, 7) is 5.46. The molecule has 138 valence electrons. The minimum Gasteiger partial charge on any atom is -0.455 e. The summed E-state index contributed by atoms with van der Waals surface area (Å²) < 4.78 is 27.7. The fraction of sp³-hybridized carbons (Fsp3) is 0.529. The summed E-state index contributed by atoms with van der Waals surface area (Å²) in [4.78, 5) is 23.7. The highest BCUT2D eigenvalue weighted by Crippen LogP contribution is 2.24. The van der Waals surface area contributed by atoms with Crippen molar-refractivity contribution >= 4 is 39.2 Å². The number of amides is 1. The molecule has 0 saturated carbocycles. The number of sulfone groups is 1. The molecule has 1 saturated heterocycles. The van der Waals surface area contributed by atoms with Crippen molar-refractivity contribution in [2.45, 2.75) is 32.4 Å². The highest BCUT2D eigenvalue weighted by molar-refractivity contribution is 8.02. The summed E-state index contributed by atoms with van der Waals surface area (Å²) in [5.74, 6) is -0.566. The third-order valence-electron chi connectivity index (χ3n) is 3.93. The number of hydrogen-bond acceptors (Lipinski definition) is 6. The molecule has 1 heterocycles. The predicted molar refractivity (Wildman–Crippen MR) is 99.8 cm³/mol. The molecule has 6 nitrogen and oxygen atoms in total. The lowest BCUT2D eigenvalue weighted by molar-refractivity contribution is -0.144. The average Bonchev–Trinajstić information content (AvgIpc) is 2.86. The summed E-state index contributed by atoms with van der Waals surface area (Å²) in [6, 6.07) is 3.95. The molecule has 1 N–H and O–H groups in total. The zero-order valence-electron chi connectivity index (χ0n) is 14.6. The van der Waals surface area contributed by atoms with E-state index in [0.29, 0.717) is 6.42 Å². The van der Waals surface area contributed by atoms with E-state index < -0.39 is 21.7 Å². The molecule has 2 rings (SSSR count). The monoisotopic (exact) mass is 385 g/mol. The Labute approximate surface area is 152 Å². The Hall–Kier alpha value is -1.54. The Balaban J connectivity index is 1.75. The molecule has 0 aliphatic carbocycles. The van der Waals surface area contributed by atoms with Gasteiger partial charge in [-0.3, -0.25) is 9.59 Å². The smallest absolute Gasteiger partial charge is 0.316 e. The maximum atomic E-state index is 12.0. The quantitative estimate of drug-likeness (QED) is 0.754. The van der Waals surface area contributed by atoms with Crippen molar-refractivity contribution in [1.29, 1.82) is 0 Å². The van der Waals surface area contributed by atoms with Crippen LogP contribution in [0.1, 0.15) is 23.1 Å². The number of ether oxygens (including phenoxy) is 1. The van der Waals surface area contributed by atoms with Gasteiger partial charge in [-0.15, -0.1) is 11.8 Å². The van der Waals surface area contributed by atoms with E-state index >= 15 is 0 Å². The van der Waals surface area contributed by atoms with Crippen molar-refractivity contribution in [3.63, 3.8) is 0 Å². The number of aryl methyl sites for hydroxylation is 3. The Morgan fingerprint density at radius 3 is 2.44 bits per heavy atom. The summed E-state index contributed by atoms with van der Waals surface area (Å²) in [5, 5.41) is 2.70. The highest BCUT2D eigenvalue weighted by atomic mass is 32.2. The largest absolute Gasteiger partial charge is 0.455 e. The van der Waals surface area contributed by atoms with Crippen LogP contribution in [0.15, 0.2) is 12.1 Å². The van der Waals surface area contributed by atoms with Gasteiger partial charge in [0.25, 0.3) is 5.91 Å². The van der Waals surface area contributed by atoms with Crippen LogP contribution in [0, 0.1) is 20.8 Å². The van der Waals surface area contributed by atoms with Crippen LogP contribution in [0.5, 0.6) is 0 Å². The van der Waals surface area contributed by atoms with Gasteiger partial charge in [-0.25, -0.2) is 8.42 Å². The molecule has 1 aliphatic rings. The molecule has 1 aliphatic heterocycles. The van der Waals surface area contributed by atoms with Crippen molar-refractivity contribution in [2.24, 2.45) is 0 Å². The van der Waals surface area contributed by atoms with Gasteiger partial charge in [0.2, 0.25) is 0 Å². The standard InChI is InChI=1S/C17H23NO5S2/c1-11-6-12(2)17(13(3)7-11)18-15(19)8-23-16(20)9-24-14-4-5-25(21,22)10-14/h6-7,14H,4-5,8-10H2,1-3H3,(H,18,19)/t14-/m1/s1. The van der Waals surface area contributed by atoms with Gasteiger partial charge in [0.05, 0.1) is 17.3 Å². The van der Waals surface area contributed by atoms with E-state index in [9.17, 15) is 18.0 Å². The summed E-state index contributed by atoms with van der Waals surface area (Å²) in [7, 11) is -2.95. The van der Waals surface area contributed by atoms with Gasteiger partial charge in [0.15, 0.2) is 16.4 Å². The number of thioether (sulfide) groups is 1. The lowest BCUT2D eigenvalue weighted by Crippen LogP contribution is -2.23. The van der Waals surface area contributed by atoms with Gasteiger partial charge in [-0.2, -0.15) is 0 Å². The first-order valence-electron chi connectivity index (χ1n) is 8.01. The molecule has 0 unspecified atom stereocenters. The van der Waals surface area contributed by atoms with Gasteiger partial charge in [0.1, 0.15) is 0 Å². The number of carbonyl (C=O) groups excluding carboxylic acids is 2. The van der Waals surface area contributed by atoms with Crippen LogP contribution in [0.4, 0.5) is 5.69 Å². The molecule has 1 aromatic rings. The molecular weight excluding hydrogens is 362 g/mol. The molecule has 0 aromatic heterocycles. The molecule has 0 bridgehead atoms. The Bertz CT molecular complexity index is 750. The van der Waals surface area contributed by atoms with Crippen LogP contribution in [0.3, 0.4) is 0 Å². The number of nitrogens with one attached hydrogen (secondary N) is 1. The number of anilines is 1. The molecule has 0 radical (unpaired) electrons. The Morgan fingerprint density at radius 1 is 1.24 bits per heavy atom. The zero-order valence-corrected chi connectivity index (χ0v) is 16.3. The van der Waals surface area contributed by atoms with Crippen molar-refractivity contribution in [3.05, 3.63) is 28.8 Å². The van der Waals surface area contributed by atoms with Crippen LogP contribution < -0.4 is 5.32 Å². The molecule has 8 heteroatoms. The van der Waals surface area contributed by atoms with Crippen LogP contribution >= 0.6 is 11.8 Å². The van der Waals surface area contributed by atoms with Crippen molar-refractivity contribution < 1.29 is 22.7 Å². The van der Waals surface area contributed by atoms with E-state index in [0.717, 1.165) is 22.4 Å². The first-order chi connectivity index (χ1) is 11.7. The lowest BCUT2D eigenvalue weighted by Gasteiger charge is -2.13. The van der Waals surface area contributed by atoms with Gasteiger partial charge in [-0.1, -0.05) is 17.7 Å². The van der Waals surface area contributed by atoms with E-state index in [-0.39, 0.29) is 29.1 Å². The van der Waals surface area contributed by atoms with Crippen LogP contribution in [-0.4, -0.2) is 49.4 Å². The first kappa shape index (κ1) is 19.8. The molecule has 0 spiro atoms. The second-order valence-corrected chi connectivity index (χ2v) is 9.84. The fourth-order valence-electron chi connectivity index (χ4n) is 2.82. The zero-order chi connectivity index (χ0) is 18.6. The fourth-order valence-corrected chi connectivity index (χ4v) is 6.26. The van der Waals surface area contributed by atoms with Crippen molar-refractivity contribution in [2.75, 3.05) is 29.2 Å². The summed E-state index contributed by atoms with van der Waals surface area (Å²) in [6.07, 6.45) is 0.562. The third-order valence-corrected chi connectivity index (χ3v) is 7.19. The predicted octanol–water partition coefficient (Wildman–Crippen LogP) is 2.01. The van der Waals surface area contributed by atoms with Gasteiger partial charge >= 0.3 is 5.97 Å². The molecule has 25 heavy (non-hydrogen) atoms. The topological polar surface area (TPSA) is 89.5 Å². The lowest BCUT2D eigenvalue weighted by atomic mass is 10.1. The van der Waals surface area contributed by atoms with Crippen LogP contribution in [-0.2, 0) is 24.2 Å². The van der Waals surface area contributed by atoms with Crippen LogP contribution in [0.25, 0.3) is 0 Å². The first-order valence-corrected chi connectivity index (χ1v) is 10.9. The third kappa shape index (κ3) is 6.04. The average molecular weight is 386 g/mol. The van der Waals surface area contributed by atoms with E-state index in [1.54, 1.807) is 0 Å². The van der Waals surface area contributed by atoms with Gasteiger partial charge < -0.3 is 10.1 Å². The van der Waals surface area contributed by atoms with Crippen molar-refractivity contribution in [1.82, 2.24) is 0 Å². The maximum absolute atomic E-state index is 12.0. The maximum Gasteiger partial charge on any atom is 0.316 e. The second kappa shape index (κ2) is 8.23. The normalized spacial score (nSPS) is 18.8. The molecular formula is C17H23NO5S2. The summed E-state index contributed by atoms with van der Waals surface area (Å²) >= 11 is 1.27. The molecule has 1 amide bonds. The number of hydrogen-bond donors (Lipinski definition) is 1. The molecule has 1 fully saturated rings. The Kier molecular flexibility index (Phi) is 6.51. The number of carbonyl (C=O) groups is 2. The Morgan fingerprint density at radius 2 is 1.88 bits per heavy atom. The van der Waals surface area contributed by atoms with E-state index in [2.05, 4.69) is 5.32 Å². The minimum atomic E-state index is -2.95. The van der Waals surface area contributed by atoms with E-state index in [1.165, 1.54) is 11.8 Å². The van der Waals surface area contributed by atoms with Crippen LogP contribution in [0.2, 0.25) is 0 Å². The summed E-state index contributed by atoms with van der Waals surface area (Å²) in [5.41, 5.74) is 3.76. The van der Waals surface area contributed by atoms with Crippen molar-refractivity contribution in [3.8, 4) is 0 Å². The number of rotatable bonds is 6. The van der Waals surface area contributed by atoms with E-state index in [1.807, 2.05) is 32.9 Å². The SMILES string of the molecule is Cc1cc(C)c(NC(=O)COC(=O)CS[C@@H]2CCS(=O)(=O)C2)c(C)c1. The molecule has 1 atom stereocenters. The number of esters is 1. The van der Waals surface area contributed by atoms with Gasteiger partial charge in [-0.05, 0) is 38.3 Å². The van der Waals surface area contributed by atoms with E-state index in [4.69, 9.17) is 4.74 Å². The van der Waals surface area contributed by atoms with Gasteiger partial charge in [0, 0.05) is 10.9 Å².